The highest BCUT2D eigenvalue weighted by molar-refractivity contribution is 14.1. The van der Waals surface area contributed by atoms with Gasteiger partial charge < -0.3 is 9.69 Å². The number of rotatable bonds is 4. The third-order valence-corrected chi connectivity index (χ3v) is 3.20. The Bertz CT molecular complexity index is 427. The number of carbonyl (C=O) groups excluding carboxylic acids is 2. The molecule has 0 saturated carbocycles. The summed E-state index contributed by atoms with van der Waals surface area (Å²) >= 11 is 3.45. The Morgan fingerprint density at radius 2 is 2.56 bits per heavy atom. The van der Waals surface area contributed by atoms with Crippen molar-refractivity contribution in [1.82, 2.24) is 9.88 Å². The highest BCUT2D eigenvalue weighted by Gasteiger charge is 2.13. The molecule has 0 bridgehead atoms. The topological polar surface area (TPSA) is 62.3 Å². The molecule has 1 heterocycles. The highest BCUT2D eigenvalue weighted by Crippen LogP contribution is 2.19. The van der Waals surface area contributed by atoms with Gasteiger partial charge in [-0.25, -0.2) is 9.78 Å². The summed E-state index contributed by atoms with van der Waals surface area (Å²) in [4.78, 5) is 27.2. The fourth-order valence-corrected chi connectivity index (χ4v) is 2.20. The second-order valence-corrected chi connectivity index (χ2v) is 5.58. The molecule has 1 N–H and O–H groups in total. The fraction of sp³-hybridized carbons (Fsp3) is 0.222. The van der Waals surface area contributed by atoms with Gasteiger partial charge in [-0.1, -0.05) is 17.3 Å². The molecule has 1 rings (SSSR count). The van der Waals surface area contributed by atoms with E-state index in [0.29, 0.717) is 11.4 Å². The lowest BCUT2D eigenvalue weighted by atomic mass is 10.5. The Morgan fingerprint density at radius 3 is 3.06 bits per heavy atom. The van der Waals surface area contributed by atoms with Gasteiger partial charge in [0.05, 0.1) is 22.2 Å². The number of aromatic nitrogens is 1. The van der Waals surface area contributed by atoms with E-state index in [9.17, 15) is 9.59 Å². The summed E-state index contributed by atoms with van der Waals surface area (Å²) in [5.41, 5.74) is 0. The van der Waals surface area contributed by atoms with Crippen LogP contribution in [0, 0.1) is 15.2 Å². The number of hydrogen-bond acceptors (Lipinski definition) is 4. The number of terminal acetylenes is 1. The van der Waals surface area contributed by atoms with Crippen molar-refractivity contribution in [3.63, 3.8) is 0 Å². The number of hydrogen-bond donors (Lipinski definition) is 1. The average Bonchev–Trinajstić information content (AvgIpc) is 2.63. The molecule has 5 nitrogen and oxygen atoms in total. The molecule has 0 spiro atoms. The van der Waals surface area contributed by atoms with Crippen molar-refractivity contribution in [1.29, 1.82) is 0 Å². The first-order valence-corrected chi connectivity index (χ1v) is 6.11. The molecule has 1 aromatic heterocycles. The summed E-state index contributed by atoms with van der Waals surface area (Å²) in [6.45, 7) is 0.0611. The minimum Gasteiger partial charge on any atom is -0.306 e. The number of urea groups is 1. The Kier molecular flexibility index (Phi) is 5.21. The Labute approximate surface area is 110 Å². The lowest BCUT2D eigenvalue weighted by molar-refractivity contribution is -0.108. The lowest BCUT2D eigenvalue weighted by Gasteiger charge is -2.16. The van der Waals surface area contributed by atoms with Gasteiger partial charge in [0.15, 0.2) is 5.13 Å². The SMILES string of the molecule is C#CCN(CC=O)C(=O)Nc1ncc(I)s1. The number of thiazole rings is 1. The summed E-state index contributed by atoms with van der Waals surface area (Å²) in [5, 5.41) is 3.06. The molecule has 1 aromatic rings. The van der Waals surface area contributed by atoms with E-state index in [1.807, 2.05) is 0 Å². The van der Waals surface area contributed by atoms with Gasteiger partial charge >= 0.3 is 6.03 Å². The van der Waals surface area contributed by atoms with Crippen LogP contribution in [-0.2, 0) is 4.79 Å². The highest BCUT2D eigenvalue weighted by atomic mass is 127. The quantitative estimate of drug-likeness (QED) is 0.508. The summed E-state index contributed by atoms with van der Waals surface area (Å²) < 4.78 is 0.965. The predicted molar refractivity (Wildman–Crippen MR) is 70.3 cm³/mol. The van der Waals surface area contributed by atoms with Gasteiger partial charge in [-0.3, -0.25) is 5.32 Å². The summed E-state index contributed by atoms with van der Waals surface area (Å²) in [5.74, 6) is 2.31. The largest absolute Gasteiger partial charge is 0.324 e. The standard InChI is InChI=1S/C9H8IN3O2S/c1-2-3-13(4-5-14)9(15)12-8-11-6-7(10)16-8/h1,5-6H,3-4H2,(H,11,12,15). The second kappa shape index (κ2) is 6.44. The third-order valence-electron chi connectivity index (χ3n) is 1.56. The van der Waals surface area contributed by atoms with Gasteiger partial charge in [0.25, 0.3) is 0 Å². The minimum absolute atomic E-state index is 0.0293. The van der Waals surface area contributed by atoms with Crippen LogP contribution in [0.4, 0.5) is 9.93 Å². The molecule has 0 atom stereocenters. The van der Waals surface area contributed by atoms with Gasteiger partial charge in [-0.2, -0.15) is 0 Å². The monoisotopic (exact) mass is 349 g/mol. The summed E-state index contributed by atoms with van der Waals surface area (Å²) in [7, 11) is 0. The van der Waals surface area contributed by atoms with Gasteiger partial charge in [-0.05, 0) is 22.6 Å². The van der Waals surface area contributed by atoms with E-state index in [-0.39, 0.29) is 13.1 Å². The lowest BCUT2D eigenvalue weighted by Crippen LogP contribution is -2.36. The maximum absolute atomic E-state index is 11.6. The molecule has 0 aliphatic heterocycles. The molecular formula is C9H8IN3O2S. The van der Waals surface area contributed by atoms with Crippen LogP contribution >= 0.6 is 33.9 Å². The number of nitrogens with one attached hydrogen (secondary N) is 1. The maximum Gasteiger partial charge on any atom is 0.324 e. The van der Waals surface area contributed by atoms with Crippen molar-refractivity contribution >= 4 is 51.4 Å². The smallest absolute Gasteiger partial charge is 0.306 e. The number of halogens is 1. The number of anilines is 1. The molecule has 84 valence electrons. The van der Waals surface area contributed by atoms with Crippen LogP contribution in [0.1, 0.15) is 0 Å². The van der Waals surface area contributed by atoms with Crippen molar-refractivity contribution in [2.75, 3.05) is 18.4 Å². The van der Waals surface area contributed by atoms with E-state index < -0.39 is 6.03 Å². The fourth-order valence-electron chi connectivity index (χ4n) is 0.902. The van der Waals surface area contributed by atoms with E-state index in [1.54, 1.807) is 6.20 Å². The van der Waals surface area contributed by atoms with Crippen LogP contribution < -0.4 is 5.32 Å². The van der Waals surface area contributed by atoms with Crippen LogP contribution in [-0.4, -0.2) is 35.3 Å². The summed E-state index contributed by atoms with van der Waals surface area (Å²) in [6, 6.07) is -0.421. The minimum atomic E-state index is -0.421. The number of nitrogens with zero attached hydrogens (tertiary/aromatic N) is 2. The zero-order valence-corrected chi connectivity index (χ0v) is 11.1. The van der Waals surface area contributed by atoms with Crippen LogP contribution in [0.25, 0.3) is 0 Å². The van der Waals surface area contributed by atoms with E-state index in [2.05, 4.69) is 38.8 Å². The van der Waals surface area contributed by atoms with Crippen molar-refractivity contribution in [2.45, 2.75) is 0 Å². The first-order chi connectivity index (χ1) is 7.67. The van der Waals surface area contributed by atoms with Gasteiger partial charge in [0.1, 0.15) is 6.29 Å². The van der Waals surface area contributed by atoms with Crippen LogP contribution in [0.2, 0.25) is 0 Å². The van der Waals surface area contributed by atoms with E-state index in [4.69, 9.17) is 6.42 Å². The number of carbonyl (C=O) groups is 2. The molecule has 0 radical (unpaired) electrons. The molecule has 0 aliphatic rings. The molecule has 0 saturated heterocycles. The number of aldehydes is 1. The maximum atomic E-state index is 11.6. The van der Waals surface area contributed by atoms with E-state index >= 15 is 0 Å². The van der Waals surface area contributed by atoms with Gasteiger partial charge in [-0.15, -0.1) is 6.42 Å². The first kappa shape index (κ1) is 12.9. The Hall–Kier alpha value is -1.14. The normalized spacial score (nSPS) is 9.25. The second-order valence-electron chi connectivity index (χ2n) is 2.65. The Balaban J connectivity index is 2.61. The zero-order chi connectivity index (χ0) is 12.0. The van der Waals surface area contributed by atoms with Crippen molar-refractivity contribution < 1.29 is 9.59 Å². The molecule has 16 heavy (non-hydrogen) atoms. The molecule has 2 amide bonds. The van der Waals surface area contributed by atoms with Gasteiger partial charge in [0.2, 0.25) is 0 Å². The molecule has 0 aromatic carbocycles. The van der Waals surface area contributed by atoms with Crippen molar-refractivity contribution in [3.05, 3.63) is 9.08 Å². The molecular weight excluding hydrogens is 341 g/mol. The molecule has 0 aliphatic carbocycles. The van der Waals surface area contributed by atoms with Crippen LogP contribution in [0.3, 0.4) is 0 Å². The van der Waals surface area contributed by atoms with E-state index in [1.165, 1.54) is 16.2 Å². The third kappa shape index (κ3) is 3.79. The van der Waals surface area contributed by atoms with Crippen LogP contribution in [0.5, 0.6) is 0 Å². The Morgan fingerprint density at radius 1 is 1.81 bits per heavy atom. The first-order valence-electron chi connectivity index (χ1n) is 4.21. The molecule has 0 unspecified atom stereocenters. The van der Waals surface area contributed by atoms with Gasteiger partial charge in [0, 0.05) is 0 Å². The zero-order valence-electron chi connectivity index (χ0n) is 8.14. The number of amides is 2. The molecule has 0 fully saturated rings. The molecule has 7 heteroatoms. The van der Waals surface area contributed by atoms with Crippen molar-refractivity contribution in [3.8, 4) is 12.3 Å². The van der Waals surface area contributed by atoms with Crippen LogP contribution in [0.15, 0.2) is 6.20 Å². The predicted octanol–water partition coefficient (Wildman–Crippen LogP) is 1.41. The van der Waals surface area contributed by atoms with Crippen molar-refractivity contribution in [2.24, 2.45) is 0 Å². The summed E-state index contributed by atoms with van der Waals surface area (Å²) in [6.07, 6.45) is 7.37. The van der Waals surface area contributed by atoms with E-state index in [0.717, 1.165) is 2.88 Å². The average molecular weight is 349 g/mol.